The summed E-state index contributed by atoms with van der Waals surface area (Å²) in [5.74, 6) is -1.94. The van der Waals surface area contributed by atoms with Gasteiger partial charge in [-0.25, -0.2) is 0 Å². The van der Waals surface area contributed by atoms with Crippen molar-refractivity contribution < 1.29 is 42.1 Å². The molecule has 1 aromatic rings. The molecule has 0 saturated carbocycles. The number of methoxy groups -OCH3 is 1. The molecule has 2 aliphatic heterocycles. The van der Waals surface area contributed by atoms with Crippen LogP contribution in [-0.4, -0.2) is 61.5 Å². The maximum Gasteiger partial charge on any atom is 0.406 e. The number of carbonyl (C=O) groups excluding carboxylic acids is 1. The van der Waals surface area contributed by atoms with Gasteiger partial charge in [-0.3, -0.25) is 9.59 Å². The molecule has 1 fully saturated rings. The molecular weight excluding hydrogens is 359 g/mol. The number of carbonyl (C=O) groups is 2. The zero-order valence-corrected chi connectivity index (χ0v) is 13.8. The molecule has 0 spiro atoms. The number of fused-ring (bicyclic) bond motifs is 1. The van der Waals surface area contributed by atoms with Crippen LogP contribution in [0.1, 0.15) is 16.8 Å². The molecule has 0 bridgehead atoms. The standard InChI is InChI=1S/C16H16F3NO6/c1-24-10-6-9(7-11-12(10)26-5-4-25-11)13(21)20-3-2-15(8-20,14(22)23)16(17,18)19/h6-7H,2-5,8H2,1H3,(H,22,23). The average molecular weight is 375 g/mol. The number of carboxylic acid groups (broad SMARTS) is 1. The van der Waals surface area contributed by atoms with Gasteiger partial charge in [0.05, 0.1) is 7.11 Å². The second-order valence-corrected chi connectivity index (χ2v) is 6.06. The smallest absolute Gasteiger partial charge is 0.406 e. The minimum Gasteiger partial charge on any atom is -0.493 e. The van der Waals surface area contributed by atoms with E-state index in [9.17, 15) is 22.8 Å². The van der Waals surface area contributed by atoms with E-state index in [1.165, 1.54) is 19.2 Å². The van der Waals surface area contributed by atoms with E-state index < -0.39 is 36.4 Å². The number of hydrogen-bond donors (Lipinski definition) is 1. The van der Waals surface area contributed by atoms with Crippen LogP contribution in [0.2, 0.25) is 0 Å². The first-order valence-electron chi connectivity index (χ1n) is 7.76. The number of aliphatic carboxylic acids is 1. The fourth-order valence-electron chi connectivity index (χ4n) is 3.09. The highest BCUT2D eigenvalue weighted by Gasteiger charge is 2.64. The van der Waals surface area contributed by atoms with Crippen molar-refractivity contribution in [2.24, 2.45) is 5.41 Å². The van der Waals surface area contributed by atoms with Crippen molar-refractivity contribution in [2.75, 3.05) is 33.4 Å². The SMILES string of the molecule is COc1cc(C(=O)N2CCC(C(=O)O)(C(F)(F)F)C2)cc2c1OCCO2. The molecule has 1 amide bonds. The van der Waals surface area contributed by atoms with E-state index in [2.05, 4.69) is 0 Å². The van der Waals surface area contributed by atoms with Crippen molar-refractivity contribution in [1.29, 1.82) is 0 Å². The van der Waals surface area contributed by atoms with Gasteiger partial charge in [0.2, 0.25) is 5.75 Å². The Bertz CT molecular complexity index is 733. The van der Waals surface area contributed by atoms with E-state index in [0.717, 1.165) is 4.90 Å². The number of alkyl halides is 3. The molecule has 3 rings (SSSR count). The van der Waals surface area contributed by atoms with Gasteiger partial charge in [0.15, 0.2) is 16.9 Å². The molecule has 26 heavy (non-hydrogen) atoms. The summed E-state index contributed by atoms with van der Waals surface area (Å²) in [5.41, 5.74) is -2.92. The Morgan fingerprint density at radius 1 is 1.27 bits per heavy atom. The first-order valence-corrected chi connectivity index (χ1v) is 7.76. The quantitative estimate of drug-likeness (QED) is 0.869. The summed E-state index contributed by atoms with van der Waals surface area (Å²) >= 11 is 0. The molecule has 1 saturated heterocycles. The molecule has 10 heteroatoms. The molecule has 0 aliphatic carbocycles. The number of carboxylic acids is 1. The van der Waals surface area contributed by atoms with Crippen LogP contribution >= 0.6 is 0 Å². The summed E-state index contributed by atoms with van der Waals surface area (Å²) in [6.45, 7) is -0.702. The monoisotopic (exact) mass is 375 g/mol. The van der Waals surface area contributed by atoms with Crippen LogP contribution in [-0.2, 0) is 4.79 Å². The molecule has 1 aromatic carbocycles. The zero-order valence-electron chi connectivity index (χ0n) is 13.8. The fraction of sp³-hybridized carbons (Fsp3) is 0.500. The topological polar surface area (TPSA) is 85.3 Å². The van der Waals surface area contributed by atoms with Gasteiger partial charge in [0.1, 0.15) is 13.2 Å². The summed E-state index contributed by atoms with van der Waals surface area (Å²) in [5, 5.41) is 9.10. The van der Waals surface area contributed by atoms with Crippen molar-refractivity contribution in [3.05, 3.63) is 17.7 Å². The van der Waals surface area contributed by atoms with Crippen molar-refractivity contribution >= 4 is 11.9 Å². The first-order chi connectivity index (χ1) is 12.2. The third-order valence-electron chi connectivity index (χ3n) is 4.58. The van der Waals surface area contributed by atoms with Gasteiger partial charge in [-0.05, 0) is 18.6 Å². The van der Waals surface area contributed by atoms with Crippen molar-refractivity contribution in [3.63, 3.8) is 0 Å². The summed E-state index contributed by atoms with van der Waals surface area (Å²) in [4.78, 5) is 24.8. The minimum atomic E-state index is -4.96. The lowest BCUT2D eigenvalue weighted by Gasteiger charge is -2.27. The van der Waals surface area contributed by atoms with Gasteiger partial charge in [-0.1, -0.05) is 0 Å². The fourth-order valence-corrected chi connectivity index (χ4v) is 3.09. The number of nitrogens with zero attached hydrogens (tertiary/aromatic N) is 1. The van der Waals surface area contributed by atoms with E-state index in [4.69, 9.17) is 19.3 Å². The van der Waals surface area contributed by atoms with Gasteiger partial charge in [0, 0.05) is 18.7 Å². The van der Waals surface area contributed by atoms with E-state index >= 15 is 0 Å². The van der Waals surface area contributed by atoms with Crippen molar-refractivity contribution in [2.45, 2.75) is 12.6 Å². The lowest BCUT2D eigenvalue weighted by molar-refractivity contribution is -0.227. The van der Waals surface area contributed by atoms with E-state index in [0.29, 0.717) is 12.4 Å². The van der Waals surface area contributed by atoms with Gasteiger partial charge in [-0.15, -0.1) is 0 Å². The number of ether oxygens (including phenoxy) is 3. The molecule has 7 nitrogen and oxygen atoms in total. The maximum absolute atomic E-state index is 13.3. The van der Waals surface area contributed by atoms with Crippen LogP contribution in [0.25, 0.3) is 0 Å². The largest absolute Gasteiger partial charge is 0.493 e. The van der Waals surface area contributed by atoms with E-state index in [-0.39, 0.29) is 30.2 Å². The average Bonchev–Trinajstić information content (AvgIpc) is 3.07. The van der Waals surface area contributed by atoms with E-state index in [1.807, 2.05) is 0 Å². The Kier molecular flexibility index (Phi) is 4.37. The lowest BCUT2D eigenvalue weighted by Crippen LogP contribution is -2.47. The van der Waals surface area contributed by atoms with Gasteiger partial charge < -0.3 is 24.2 Å². The van der Waals surface area contributed by atoms with Crippen LogP contribution in [0.4, 0.5) is 13.2 Å². The van der Waals surface area contributed by atoms with Gasteiger partial charge >= 0.3 is 12.1 Å². The molecule has 2 heterocycles. The van der Waals surface area contributed by atoms with Gasteiger partial charge in [0.25, 0.3) is 5.91 Å². The number of halogens is 3. The summed E-state index contributed by atoms with van der Waals surface area (Å²) in [6.07, 6.45) is -5.66. The number of likely N-dealkylation sites (tertiary alicyclic amines) is 1. The van der Waals surface area contributed by atoms with Crippen LogP contribution in [0.15, 0.2) is 12.1 Å². The Morgan fingerprint density at radius 2 is 1.96 bits per heavy atom. The maximum atomic E-state index is 13.3. The Balaban J connectivity index is 1.90. The Morgan fingerprint density at radius 3 is 2.54 bits per heavy atom. The highest BCUT2D eigenvalue weighted by Crippen LogP contribution is 2.46. The third kappa shape index (κ3) is 2.78. The predicted octanol–water partition coefficient (Wildman–Crippen LogP) is 1.95. The normalized spacial score (nSPS) is 22.2. The van der Waals surface area contributed by atoms with Gasteiger partial charge in [-0.2, -0.15) is 13.2 Å². The number of rotatable bonds is 3. The number of amides is 1. The second kappa shape index (κ2) is 6.26. The third-order valence-corrected chi connectivity index (χ3v) is 4.58. The molecule has 142 valence electrons. The van der Waals surface area contributed by atoms with Crippen LogP contribution < -0.4 is 14.2 Å². The molecule has 1 unspecified atom stereocenters. The number of benzene rings is 1. The summed E-state index contributed by atoms with van der Waals surface area (Å²) in [7, 11) is 1.36. The molecular formula is C16H16F3NO6. The Hall–Kier alpha value is -2.65. The zero-order chi connectivity index (χ0) is 19.1. The highest BCUT2D eigenvalue weighted by molar-refractivity contribution is 5.96. The van der Waals surface area contributed by atoms with Crippen LogP contribution in [0.5, 0.6) is 17.2 Å². The first kappa shape index (κ1) is 18.2. The van der Waals surface area contributed by atoms with Crippen molar-refractivity contribution in [1.82, 2.24) is 4.90 Å². The molecule has 2 aliphatic rings. The molecule has 0 aromatic heterocycles. The Labute approximate surface area is 146 Å². The summed E-state index contributed by atoms with van der Waals surface area (Å²) in [6, 6.07) is 2.69. The van der Waals surface area contributed by atoms with E-state index in [1.54, 1.807) is 0 Å². The minimum absolute atomic E-state index is 0.0365. The van der Waals surface area contributed by atoms with Crippen LogP contribution in [0, 0.1) is 5.41 Å². The number of hydrogen-bond acceptors (Lipinski definition) is 5. The molecule has 1 N–H and O–H groups in total. The lowest BCUT2D eigenvalue weighted by atomic mass is 9.86. The predicted molar refractivity (Wildman–Crippen MR) is 80.6 cm³/mol. The molecule has 0 radical (unpaired) electrons. The summed E-state index contributed by atoms with van der Waals surface area (Å²) < 4.78 is 55.8. The highest BCUT2D eigenvalue weighted by atomic mass is 19.4. The second-order valence-electron chi connectivity index (χ2n) is 6.06. The van der Waals surface area contributed by atoms with Crippen LogP contribution in [0.3, 0.4) is 0 Å². The molecule has 1 atom stereocenters. The van der Waals surface area contributed by atoms with Crippen molar-refractivity contribution in [3.8, 4) is 17.2 Å².